The second-order valence-corrected chi connectivity index (χ2v) is 3.95. The van der Waals surface area contributed by atoms with Gasteiger partial charge in [-0.3, -0.25) is 4.99 Å². The third-order valence-corrected chi connectivity index (χ3v) is 2.89. The summed E-state index contributed by atoms with van der Waals surface area (Å²) in [6, 6.07) is 6.55. The lowest BCUT2D eigenvalue weighted by atomic mass is 10.1. The fourth-order valence-corrected chi connectivity index (χ4v) is 1.96. The van der Waals surface area contributed by atoms with Gasteiger partial charge in [0.25, 0.3) is 0 Å². The van der Waals surface area contributed by atoms with E-state index >= 15 is 0 Å². The maximum absolute atomic E-state index is 12.9. The van der Waals surface area contributed by atoms with Gasteiger partial charge in [0.2, 0.25) is 0 Å². The molecule has 0 aliphatic carbocycles. The van der Waals surface area contributed by atoms with E-state index in [0.717, 1.165) is 5.56 Å². The molecular weight excluding hydrogens is 221 g/mol. The van der Waals surface area contributed by atoms with Crippen LogP contribution in [0, 0.1) is 5.82 Å². The summed E-state index contributed by atoms with van der Waals surface area (Å²) in [5, 5.41) is 0. The molecule has 0 radical (unpaired) electrons. The average Bonchev–Trinajstić information content (AvgIpc) is 2.69. The molecule has 1 heterocycles. The summed E-state index contributed by atoms with van der Waals surface area (Å²) in [5.74, 6) is 0.292. The monoisotopic (exact) mass is 237 g/mol. The number of rotatable bonds is 4. The van der Waals surface area contributed by atoms with Gasteiger partial charge >= 0.3 is 0 Å². The zero-order valence-electron chi connectivity index (χ0n) is 9.77. The van der Waals surface area contributed by atoms with Crippen molar-refractivity contribution >= 4 is 5.96 Å². The molecule has 0 amide bonds. The fraction of sp³-hybridized carbons (Fsp3) is 0.417. The van der Waals surface area contributed by atoms with Gasteiger partial charge in [0.15, 0.2) is 5.96 Å². The number of ether oxygens (including phenoxy) is 1. The zero-order valence-corrected chi connectivity index (χ0v) is 9.77. The normalized spacial score (nSPS) is 19.5. The molecule has 92 valence electrons. The third kappa shape index (κ3) is 2.55. The van der Waals surface area contributed by atoms with Crippen LogP contribution in [-0.2, 0) is 4.74 Å². The van der Waals surface area contributed by atoms with Crippen LogP contribution in [0.4, 0.5) is 4.39 Å². The standard InChI is InChI=1S/C12H16FN3O/c1-17-7-6-16-11(8-15-12(16)14)9-2-4-10(13)5-3-9/h2-5,11H,6-8H2,1H3,(H2,14,15). The molecular formula is C12H16FN3O. The minimum absolute atomic E-state index is 0.0887. The van der Waals surface area contributed by atoms with E-state index in [1.807, 2.05) is 4.90 Å². The summed E-state index contributed by atoms with van der Waals surface area (Å²) in [5.41, 5.74) is 6.84. The number of halogens is 1. The molecule has 1 unspecified atom stereocenters. The quantitative estimate of drug-likeness (QED) is 0.854. The molecule has 0 aromatic heterocycles. The van der Waals surface area contributed by atoms with Crippen molar-refractivity contribution in [1.29, 1.82) is 0 Å². The van der Waals surface area contributed by atoms with Crippen LogP contribution in [0.3, 0.4) is 0 Å². The van der Waals surface area contributed by atoms with E-state index in [0.29, 0.717) is 25.7 Å². The fourth-order valence-electron chi connectivity index (χ4n) is 1.96. The molecule has 0 spiro atoms. The van der Waals surface area contributed by atoms with Crippen LogP contribution >= 0.6 is 0 Å². The highest BCUT2D eigenvalue weighted by atomic mass is 19.1. The number of aliphatic imine (C=N–C) groups is 1. The molecule has 17 heavy (non-hydrogen) atoms. The summed E-state index contributed by atoms with van der Waals surface area (Å²) in [4.78, 5) is 6.20. The number of hydrogen-bond donors (Lipinski definition) is 1. The number of hydrogen-bond acceptors (Lipinski definition) is 4. The molecule has 0 bridgehead atoms. The van der Waals surface area contributed by atoms with Gasteiger partial charge in [0.1, 0.15) is 5.82 Å². The largest absolute Gasteiger partial charge is 0.383 e. The molecule has 1 aliphatic rings. The van der Waals surface area contributed by atoms with Crippen molar-refractivity contribution in [1.82, 2.24) is 4.90 Å². The molecule has 1 aliphatic heterocycles. The van der Waals surface area contributed by atoms with E-state index < -0.39 is 0 Å². The van der Waals surface area contributed by atoms with Gasteiger partial charge < -0.3 is 15.4 Å². The second-order valence-electron chi connectivity index (χ2n) is 3.95. The van der Waals surface area contributed by atoms with Crippen molar-refractivity contribution < 1.29 is 9.13 Å². The van der Waals surface area contributed by atoms with E-state index in [4.69, 9.17) is 10.5 Å². The minimum atomic E-state index is -0.232. The van der Waals surface area contributed by atoms with Gasteiger partial charge in [-0.1, -0.05) is 12.1 Å². The van der Waals surface area contributed by atoms with Gasteiger partial charge in [-0.05, 0) is 17.7 Å². The Kier molecular flexibility index (Phi) is 3.58. The van der Waals surface area contributed by atoms with Gasteiger partial charge in [-0.15, -0.1) is 0 Å². The Morgan fingerprint density at radius 3 is 2.82 bits per heavy atom. The van der Waals surface area contributed by atoms with Gasteiger partial charge in [0, 0.05) is 13.7 Å². The molecule has 0 saturated carbocycles. The number of nitrogens with two attached hydrogens (primary N) is 1. The predicted molar refractivity (Wildman–Crippen MR) is 64.2 cm³/mol. The third-order valence-electron chi connectivity index (χ3n) is 2.89. The predicted octanol–water partition coefficient (Wildman–Crippen LogP) is 1.14. The van der Waals surface area contributed by atoms with Crippen LogP contribution in [0.5, 0.6) is 0 Å². The Balaban J connectivity index is 2.12. The first kappa shape index (κ1) is 11.9. The number of nitrogens with zero attached hydrogens (tertiary/aromatic N) is 2. The molecule has 4 nitrogen and oxygen atoms in total. The second kappa shape index (κ2) is 5.14. The Hall–Kier alpha value is -1.62. The Labute approximate surface area is 99.9 Å². The van der Waals surface area contributed by atoms with E-state index in [1.165, 1.54) is 12.1 Å². The first-order chi connectivity index (χ1) is 8.22. The van der Waals surface area contributed by atoms with E-state index in [-0.39, 0.29) is 11.9 Å². The van der Waals surface area contributed by atoms with Crippen molar-refractivity contribution in [2.45, 2.75) is 6.04 Å². The smallest absolute Gasteiger partial charge is 0.192 e. The highest BCUT2D eigenvalue weighted by Gasteiger charge is 2.26. The lowest BCUT2D eigenvalue weighted by molar-refractivity contribution is 0.166. The summed E-state index contributed by atoms with van der Waals surface area (Å²) < 4.78 is 17.9. The molecule has 1 aromatic rings. The van der Waals surface area contributed by atoms with Crippen molar-refractivity contribution in [3.05, 3.63) is 35.6 Å². The summed E-state index contributed by atoms with van der Waals surface area (Å²) in [6.07, 6.45) is 0. The van der Waals surface area contributed by atoms with E-state index in [9.17, 15) is 4.39 Å². The lowest BCUT2D eigenvalue weighted by Gasteiger charge is -2.26. The van der Waals surface area contributed by atoms with Gasteiger partial charge in [-0.25, -0.2) is 4.39 Å². The number of benzene rings is 1. The van der Waals surface area contributed by atoms with Crippen LogP contribution < -0.4 is 5.73 Å². The van der Waals surface area contributed by atoms with Crippen LogP contribution in [-0.4, -0.2) is 37.7 Å². The molecule has 2 N–H and O–H groups in total. The Morgan fingerprint density at radius 1 is 1.47 bits per heavy atom. The Bertz CT molecular complexity index is 405. The molecule has 0 fully saturated rings. The molecule has 1 atom stereocenters. The van der Waals surface area contributed by atoms with Crippen molar-refractivity contribution in [3.63, 3.8) is 0 Å². The van der Waals surface area contributed by atoms with Gasteiger partial charge in [-0.2, -0.15) is 0 Å². The van der Waals surface area contributed by atoms with Crippen molar-refractivity contribution in [3.8, 4) is 0 Å². The number of guanidine groups is 1. The van der Waals surface area contributed by atoms with Crippen LogP contribution in [0.15, 0.2) is 29.3 Å². The highest BCUT2D eigenvalue weighted by Crippen LogP contribution is 2.25. The molecule has 2 rings (SSSR count). The van der Waals surface area contributed by atoms with E-state index in [1.54, 1.807) is 19.2 Å². The van der Waals surface area contributed by atoms with Crippen LogP contribution in [0.1, 0.15) is 11.6 Å². The SMILES string of the molecule is COCCN1C(N)=NCC1c1ccc(F)cc1. The first-order valence-corrected chi connectivity index (χ1v) is 5.53. The average molecular weight is 237 g/mol. The lowest BCUT2D eigenvalue weighted by Crippen LogP contribution is -2.38. The topological polar surface area (TPSA) is 50.9 Å². The molecule has 0 saturated heterocycles. The summed E-state index contributed by atoms with van der Waals surface area (Å²) in [6.45, 7) is 1.89. The summed E-state index contributed by atoms with van der Waals surface area (Å²) in [7, 11) is 1.65. The Morgan fingerprint density at radius 2 is 2.18 bits per heavy atom. The van der Waals surface area contributed by atoms with E-state index in [2.05, 4.69) is 4.99 Å². The zero-order chi connectivity index (χ0) is 12.3. The maximum Gasteiger partial charge on any atom is 0.192 e. The van der Waals surface area contributed by atoms with Crippen molar-refractivity contribution in [2.75, 3.05) is 26.8 Å². The number of methoxy groups -OCH3 is 1. The molecule has 1 aromatic carbocycles. The van der Waals surface area contributed by atoms with Crippen LogP contribution in [0.2, 0.25) is 0 Å². The van der Waals surface area contributed by atoms with Crippen molar-refractivity contribution in [2.24, 2.45) is 10.7 Å². The highest BCUT2D eigenvalue weighted by molar-refractivity contribution is 5.80. The van der Waals surface area contributed by atoms with Crippen LogP contribution in [0.25, 0.3) is 0 Å². The summed E-state index contributed by atoms with van der Waals surface area (Å²) >= 11 is 0. The first-order valence-electron chi connectivity index (χ1n) is 5.53. The maximum atomic E-state index is 12.9. The van der Waals surface area contributed by atoms with Gasteiger partial charge in [0.05, 0.1) is 19.2 Å². The molecule has 5 heteroatoms. The minimum Gasteiger partial charge on any atom is -0.383 e.